The van der Waals surface area contributed by atoms with Crippen LogP contribution in [0.1, 0.15) is 32.1 Å². The van der Waals surface area contributed by atoms with E-state index in [0.717, 1.165) is 4.90 Å². The zero-order chi connectivity index (χ0) is 19.5. The summed E-state index contributed by atoms with van der Waals surface area (Å²) in [7, 11) is -3.76. The van der Waals surface area contributed by atoms with Gasteiger partial charge in [0.05, 0.1) is 16.2 Å². The predicted molar refractivity (Wildman–Crippen MR) is 88.6 cm³/mol. The molecule has 142 valence electrons. The van der Waals surface area contributed by atoms with Crippen molar-refractivity contribution < 1.29 is 37.6 Å². The van der Waals surface area contributed by atoms with Gasteiger partial charge in [-0.25, -0.2) is 9.00 Å². The Hall–Kier alpha value is -2.53. The number of hydrogen-bond acceptors (Lipinski definition) is 7. The molecule has 10 nitrogen and oxygen atoms in total. The van der Waals surface area contributed by atoms with Crippen LogP contribution in [0.25, 0.3) is 0 Å². The van der Waals surface area contributed by atoms with Gasteiger partial charge in [0, 0.05) is 25.1 Å². The van der Waals surface area contributed by atoms with E-state index in [0.29, 0.717) is 19.3 Å². The lowest BCUT2D eigenvalue weighted by atomic mass is 10.2. The average Bonchev–Trinajstić information content (AvgIpc) is 3.01. The summed E-state index contributed by atoms with van der Waals surface area (Å²) in [4.78, 5) is 63.7. The molecule has 2 rings (SSSR count). The van der Waals surface area contributed by atoms with Crippen LogP contribution in [0, 0.1) is 0 Å². The Morgan fingerprint density at radius 1 is 1.19 bits per heavy atom. The maximum atomic E-state index is 11.9. The van der Waals surface area contributed by atoms with Crippen molar-refractivity contribution in [2.24, 2.45) is 0 Å². The maximum Gasteiger partial charge on any atom is 0.333 e. The Labute approximate surface area is 149 Å². The molecular formula is C15H18N2O8S. The zero-order valence-electron chi connectivity index (χ0n) is 13.8. The molecule has 1 N–H and O–H groups in total. The van der Waals surface area contributed by atoms with E-state index in [1.807, 2.05) is 0 Å². The third-order valence-electron chi connectivity index (χ3n) is 3.86. The van der Waals surface area contributed by atoms with Gasteiger partial charge >= 0.3 is 5.97 Å². The molecule has 2 atom stereocenters. The van der Waals surface area contributed by atoms with Crippen molar-refractivity contribution in [2.45, 2.75) is 37.4 Å². The zero-order valence-corrected chi connectivity index (χ0v) is 14.6. The van der Waals surface area contributed by atoms with Crippen LogP contribution in [0.3, 0.4) is 0 Å². The smallest absolute Gasteiger partial charge is 0.330 e. The maximum absolute atomic E-state index is 11.9. The normalized spacial score (nSPS) is 22.3. The van der Waals surface area contributed by atoms with Crippen molar-refractivity contribution in [3.63, 3.8) is 0 Å². The molecule has 1 fully saturated rings. The molecule has 4 amide bonds. The van der Waals surface area contributed by atoms with Gasteiger partial charge in [0.2, 0.25) is 0 Å². The first kappa shape index (κ1) is 19.8. The topological polar surface area (TPSA) is 138 Å². The van der Waals surface area contributed by atoms with E-state index in [1.54, 1.807) is 0 Å². The Bertz CT molecular complexity index is 767. The van der Waals surface area contributed by atoms with Gasteiger partial charge in [-0.3, -0.25) is 24.1 Å². The van der Waals surface area contributed by atoms with Crippen molar-refractivity contribution >= 4 is 45.3 Å². The van der Waals surface area contributed by atoms with Crippen molar-refractivity contribution in [1.82, 2.24) is 9.96 Å². The number of hydrogen-bond donors (Lipinski definition) is 1. The number of imide groups is 2. The fourth-order valence-electron chi connectivity index (χ4n) is 2.48. The van der Waals surface area contributed by atoms with E-state index in [1.165, 1.54) is 12.2 Å². The van der Waals surface area contributed by atoms with Crippen LogP contribution in [0.15, 0.2) is 12.2 Å². The summed E-state index contributed by atoms with van der Waals surface area (Å²) in [6, 6.07) is 0. The molecule has 0 aliphatic carbocycles. The second-order valence-electron chi connectivity index (χ2n) is 5.84. The molecule has 2 aliphatic heterocycles. The first-order valence-electron chi connectivity index (χ1n) is 7.81. The molecule has 2 aliphatic rings. The lowest BCUT2D eigenvalue weighted by Gasteiger charge is -2.14. The number of hydroxylamine groups is 2. The molecule has 0 spiro atoms. The van der Waals surface area contributed by atoms with Gasteiger partial charge in [0.25, 0.3) is 23.6 Å². The highest BCUT2D eigenvalue weighted by Gasteiger charge is 2.45. The fourth-order valence-corrected chi connectivity index (χ4v) is 3.29. The SMILES string of the molecule is C=S(=O)(O)C1CC(=O)N(OC(=O)CCCCCN2C(=O)C=CC2=O)C1=O. The van der Waals surface area contributed by atoms with Gasteiger partial charge in [-0.15, -0.1) is 5.06 Å². The minimum Gasteiger partial charge on any atom is -0.330 e. The summed E-state index contributed by atoms with van der Waals surface area (Å²) in [5.41, 5.74) is 0. The van der Waals surface area contributed by atoms with Gasteiger partial charge in [0.15, 0.2) is 0 Å². The van der Waals surface area contributed by atoms with E-state index < -0.39 is 39.3 Å². The fraction of sp³-hybridized carbons (Fsp3) is 0.467. The highest BCUT2D eigenvalue weighted by Crippen LogP contribution is 2.20. The van der Waals surface area contributed by atoms with Crippen LogP contribution in [0.4, 0.5) is 0 Å². The first-order chi connectivity index (χ1) is 12.1. The lowest BCUT2D eigenvalue weighted by Crippen LogP contribution is -2.36. The molecular weight excluding hydrogens is 368 g/mol. The third-order valence-corrected chi connectivity index (χ3v) is 5.12. The molecule has 1 saturated heterocycles. The van der Waals surface area contributed by atoms with Gasteiger partial charge in [0.1, 0.15) is 5.25 Å². The monoisotopic (exact) mass is 386 g/mol. The molecule has 0 aromatic carbocycles. The molecule has 0 radical (unpaired) electrons. The summed E-state index contributed by atoms with van der Waals surface area (Å²) in [6.07, 6.45) is 3.09. The second-order valence-corrected chi connectivity index (χ2v) is 7.79. The van der Waals surface area contributed by atoms with Crippen LogP contribution < -0.4 is 0 Å². The van der Waals surface area contributed by atoms with E-state index >= 15 is 0 Å². The van der Waals surface area contributed by atoms with Gasteiger partial charge in [-0.1, -0.05) is 6.42 Å². The number of rotatable bonds is 8. The molecule has 2 heterocycles. The number of carbonyl (C=O) groups is 5. The minimum absolute atomic E-state index is 0.0965. The van der Waals surface area contributed by atoms with Crippen molar-refractivity contribution in [2.75, 3.05) is 6.54 Å². The Morgan fingerprint density at radius 3 is 2.35 bits per heavy atom. The number of amides is 4. The Balaban J connectivity index is 1.71. The molecule has 11 heteroatoms. The number of unbranched alkanes of at least 4 members (excludes halogenated alkanes) is 2. The van der Waals surface area contributed by atoms with Gasteiger partial charge < -0.3 is 9.39 Å². The largest absolute Gasteiger partial charge is 0.333 e. The minimum atomic E-state index is -3.76. The molecule has 0 aromatic heterocycles. The lowest BCUT2D eigenvalue weighted by molar-refractivity contribution is -0.197. The molecule has 0 bridgehead atoms. The summed E-state index contributed by atoms with van der Waals surface area (Å²) >= 11 is 0. The molecule has 0 saturated carbocycles. The summed E-state index contributed by atoms with van der Waals surface area (Å²) in [6.45, 7) is 0.235. The summed E-state index contributed by atoms with van der Waals surface area (Å²) < 4.78 is 20.7. The van der Waals surface area contributed by atoms with E-state index in [2.05, 4.69) is 10.7 Å². The highest BCUT2D eigenvalue weighted by atomic mass is 32.2. The number of carbonyl (C=O) groups excluding carboxylic acids is 5. The van der Waals surface area contributed by atoms with Crippen LogP contribution in [-0.2, 0) is 38.6 Å². The average molecular weight is 386 g/mol. The molecule has 0 aromatic rings. The van der Waals surface area contributed by atoms with Crippen LogP contribution in [0.2, 0.25) is 0 Å². The molecule has 26 heavy (non-hydrogen) atoms. The number of nitrogens with zero attached hydrogens (tertiary/aromatic N) is 2. The quantitative estimate of drug-likeness (QED) is 0.327. The van der Waals surface area contributed by atoms with Crippen LogP contribution in [-0.4, -0.2) is 66.0 Å². The van der Waals surface area contributed by atoms with Gasteiger partial charge in [-0.05, 0) is 18.7 Å². The third kappa shape index (κ3) is 4.55. The first-order valence-corrected chi connectivity index (χ1v) is 9.55. The Morgan fingerprint density at radius 2 is 1.81 bits per heavy atom. The van der Waals surface area contributed by atoms with Crippen LogP contribution in [0.5, 0.6) is 0 Å². The highest BCUT2D eigenvalue weighted by molar-refractivity contribution is 7.96. The van der Waals surface area contributed by atoms with E-state index in [4.69, 9.17) is 0 Å². The Kier molecular flexibility index (Phi) is 5.93. The standard InChI is InChI=1S/C15H18N2O8S/c1-26(23,24)10-9-13(20)17(15(10)22)25-14(21)5-3-2-4-8-16-11(18)6-7-12(16)19/h6-7,10H,1-5,8-9H2,(H,23,24). The van der Waals surface area contributed by atoms with E-state index in [-0.39, 0.29) is 29.8 Å². The van der Waals surface area contributed by atoms with Gasteiger partial charge in [-0.2, -0.15) is 0 Å². The summed E-state index contributed by atoms with van der Waals surface area (Å²) in [5.74, 6) is -0.577. The van der Waals surface area contributed by atoms with Crippen molar-refractivity contribution in [3.05, 3.63) is 12.2 Å². The predicted octanol–water partition coefficient (Wildman–Crippen LogP) is -0.753. The molecule has 2 unspecified atom stereocenters. The van der Waals surface area contributed by atoms with Crippen LogP contribution >= 0.6 is 0 Å². The van der Waals surface area contributed by atoms with E-state index in [9.17, 15) is 32.7 Å². The van der Waals surface area contributed by atoms with Crippen molar-refractivity contribution in [3.8, 4) is 0 Å². The second kappa shape index (κ2) is 7.79. The summed E-state index contributed by atoms with van der Waals surface area (Å²) in [5, 5.41) is -1.31. The van der Waals surface area contributed by atoms with Crippen molar-refractivity contribution in [1.29, 1.82) is 0 Å².